The van der Waals surface area contributed by atoms with E-state index in [-0.39, 0.29) is 5.84 Å². The molecule has 0 aromatic heterocycles. The van der Waals surface area contributed by atoms with E-state index in [4.69, 9.17) is 15.1 Å². The van der Waals surface area contributed by atoms with Gasteiger partial charge in [-0.25, -0.2) is 4.99 Å². The number of nitriles is 1. The molecule has 124 valence electrons. The molecule has 0 radical (unpaired) electrons. The van der Waals surface area contributed by atoms with Gasteiger partial charge in [0, 0.05) is 5.56 Å². The van der Waals surface area contributed by atoms with Crippen LogP contribution in [0.5, 0.6) is 0 Å². The number of hydrogen-bond acceptors (Lipinski definition) is 8. The monoisotopic (exact) mass is 323 g/mol. The quantitative estimate of drug-likeness (QED) is 0.213. The van der Waals surface area contributed by atoms with Gasteiger partial charge in [0.2, 0.25) is 0 Å². The van der Waals surface area contributed by atoms with Gasteiger partial charge in [0.05, 0.1) is 18.2 Å². The van der Waals surface area contributed by atoms with Crippen molar-refractivity contribution in [3.8, 4) is 6.07 Å². The van der Waals surface area contributed by atoms with Crippen molar-refractivity contribution in [2.75, 3.05) is 6.61 Å². The smallest absolute Gasteiger partial charge is 0.179 e. The maximum Gasteiger partial charge on any atom is 0.179 e. The van der Waals surface area contributed by atoms with Crippen molar-refractivity contribution < 1.29 is 30.4 Å². The van der Waals surface area contributed by atoms with Gasteiger partial charge in [0.1, 0.15) is 24.4 Å². The summed E-state index contributed by atoms with van der Waals surface area (Å²) >= 11 is 0. The van der Waals surface area contributed by atoms with E-state index < -0.39 is 37.3 Å². The van der Waals surface area contributed by atoms with Crippen LogP contribution in [0.2, 0.25) is 0 Å². The summed E-state index contributed by atoms with van der Waals surface area (Å²) < 4.78 is 5.23. The summed E-state index contributed by atoms with van der Waals surface area (Å²) in [4.78, 5) is 3.96. The molecule has 0 bridgehead atoms. The highest BCUT2D eigenvalue weighted by Crippen LogP contribution is 2.22. The lowest BCUT2D eigenvalue weighted by Gasteiger charge is -2.38. The minimum atomic E-state index is -1.56. The summed E-state index contributed by atoms with van der Waals surface area (Å²) in [5, 5.41) is 56.4. The topological polar surface area (TPSA) is 159 Å². The molecule has 1 aliphatic heterocycles. The molecular formula is C14H17N3O6. The highest BCUT2D eigenvalue weighted by molar-refractivity contribution is 5.98. The summed E-state index contributed by atoms with van der Waals surface area (Å²) in [6.45, 7) is -0.574. The molecule has 1 saturated heterocycles. The number of hydrogen-bond donors (Lipinski definition) is 6. The van der Waals surface area contributed by atoms with Crippen LogP contribution in [0.25, 0.3) is 0 Å². The van der Waals surface area contributed by atoms with Crippen LogP contribution >= 0.6 is 0 Å². The van der Waals surface area contributed by atoms with E-state index in [0.717, 1.165) is 0 Å². The van der Waals surface area contributed by atoms with Gasteiger partial charge in [-0.1, -0.05) is 0 Å². The first-order valence-electron chi connectivity index (χ1n) is 6.80. The van der Waals surface area contributed by atoms with Gasteiger partial charge in [-0.05, 0) is 24.3 Å². The van der Waals surface area contributed by atoms with Crippen molar-refractivity contribution in [2.45, 2.75) is 30.6 Å². The van der Waals surface area contributed by atoms with Crippen molar-refractivity contribution >= 4 is 5.84 Å². The molecular weight excluding hydrogens is 306 g/mol. The van der Waals surface area contributed by atoms with Gasteiger partial charge >= 0.3 is 0 Å². The van der Waals surface area contributed by atoms with Crippen molar-refractivity contribution in [1.82, 2.24) is 5.48 Å². The van der Waals surface area contributed by atoms with E-state index in [1.807, 2.05) is 11.5 Å². The van der Waals surface area contributed by atoms with Crippen LogP contribution in [0.3, 0.4) is 0 Å². The van der Waals surface area contributed by atoms with E-state index in [1.165, 1.54) is 24.3 Å². The summed E-state index contributed by atoms with van der Waals surface area (Å²) in [6.07, 6.45) is -6.99. The Hall–Kier alpha value is -2.06. The van der Waals surface area contributed by atoms with E-state index in [2.05, 4.69) is 4.99 Å². The van der Waals surface area contributed by atoms with E-state index >= 15 is 0 Å². The van der Waals surface area contributed by atoms with Gasteiger partial charge in [-0.2, -0.15) is 5.26 Å². The minimum Gasteiger partial charge on any atom is -0.394 e. The van der Waals surface area contributed by atoms with Crippen LogP contribution in [-0.4, -0.2) is 68.7 Å². The number of benzene rings is 1. The fraction of sp³-hybridized carbons (Fsp3) is 0.429. The van der Waals surface area contributed by atoms with Crippen LogP contribution in [0.1, 0.15) is 11.1 Å². The predicted molar refractivity (Wildman–Crippen MR) is 76.4 cm³/mol. The Bertz CT molecular complexity index is 598. The SMILES string of the molecule is N#Cc1ccc(C(=N[C@@H]2O[C@H](CO)[C@@H](O)[C@H](O)[C@H]2O)NO)cc1. The first-order chi connectivity index (χ1) is 11.0. The second-order valence-corrected chi connectivity index (χ2v) is 5.00. The molecule has 0 aliphatic carbocycles. The molecule has 1 aromatic carbocycles. The lowest BCUT2D eigenvalue weighted by Crippen LogP contribution is -2.58. The molecule has 2 rings (SSSR count). The Morgan fingerprint density at radius 2 is 1.83 bits per heavy atom. The molecule has 6 N–H and O–H groups in total. The van der Waals surface area contributed by atoms with E-state index in [9.17, 15) is 20.5 Å². The Morgan fingerprint density at radius 1 is 1.17 bits per heavy atom. The van der Waals surface area contributed by atoms with Gasteiger partial charge in [0.25, 0.3) is 0 Å². The summed E-state index contributed by atoms with van der Waals surface area (Å²) in [5.41, 5.74) is 2.67. The first kappa shape index (κ1) is 17.3. The van der Waals surface area contributed by atoms with Crippen molar-refractivity contribution in [1.29, 1.82) is 5.26 Å². The standard InChI is InChI=1S/C14H17N3O6/c15-5-7-1-3-8(4-2-7)13(17-22)16-14-12(21)11(20)10(19)9(6-18)23-14/h1-4,9-12,14,18-22H,6H2,(H,16,17)/t9-,10-,11+,12-,14-/m1/s1. The highest BCUT2D eigenvalue weighted by atomic mass is 16.6. The highest BCUT2D eigenvalue weighted by Gasteiger charge is 2.43. The van der Waals surface area contributed by atoms with E-state index in [1.54, 1.807) is 0 Å². The zero-order valence-electron chi connectivity index (χ0n) is 11.9. The average Bonchev–Trinajstić information content (AvgIpc) is 2.59. The molecule has 1 aliphatic rings. The average molecular weight is 323 g/mol. The zero-order chi connectivity index (χ0) is 17.0. The third-order valence-electron chi connectivity index (χ3n) is 3.52. The molecule has 1 fully saturated rings. The van der Waals surface area contributed by atoms with Gasteiger partial charge in [-0.15, -0.1) is 0 Å². The second-order valence-electron chi connectivity index (χ2n) is 5.00. The van der Waals surface area contributed by atoms with Crippen molar-refractivity contribution in [2.24, 2.45) is 4.99 Å². The van der Waals surface area contributed by atoms with Gasteiger partial charge in [-0.3, -0.25) is 10.7 Å². The van der Waals surface area contributed by atoms with Gasteiger partial charge < -0.3 is 25.2 Å². The number of ether oxygens (including phenoxy) is 1. The first-order valence-corrected chi connectivity index (χ1v) is 6.80. The largest absolute Gasteiger partial charge is 0.394 e. The third-order valence-corrected chi connectivity index (χ3v) is 3.52. The fourth-order valence-corrected chi connectivity index (χ4v) is 2.19. The number of amidine groups is 1. The number of aliphatic hydroxyl groups is 4. The third kappa shape index (κ3) is 3.65. The molecule has 23 heavy (non-hydrogen) atoms. The molecule has 5 atom stereocenters. The molecule has 0 saturated carbocycles. The van der Waals surface area contributed by atoms with Crippen LogP contribution in [-0.2, 0) is 4.74 Å². The molecule has 0 spiro atoms. The zero-order valence-corrected chi connectivity index (χ0v) is 11.9. The van der Waals surface area contributed by atoms with Gasteiger partial charge in [0.15, 0.2) is 12.1 Å². The number of rotatable bonds is 3. The van der Waals surface area contributed by atoms with Crippen molar-refractivity contribution in [3.63, 3.8) is 0 Å². The maximum atomic E-state index is 9.92. The maximum absolute atomic E-state index is 9.92. The lowest BCUT2D eigenvalue weighted by molar-refractivity contribution is -0.226. The number of aliphatic imine (C=N–C) groups is 1. The molecule has 0 unspecified atom stereocenters. The molecule has 0 amide bonds. The number of nitrogens with zero attached hydrogens (tertiary/aromatic N) is 2. The number of nitrogens with one attached hydrogen (secondary N) is 1. The summed E-state index contributed by atoms with van der Waals surface area (Å²) in [5.74, 6) is -0.0705. The van der Waals surface area contributed by atoms with E-state index in [0.29, 0.717) is 11.1 Å². The summed E-state index contributed by atoms with van der Waals surface area (Å²) in [7, 11) is 0. The Kier molecular flexibility index (Phi) is 5.62. The molecule has 9 heteroatoms. The Labute approximate surface area is 131 Å². The number of aliphatic hydroxyl groups excluding tert-OH is 4. The van der Waals surface area contributed by atoms with Crippen LogP contribution in [0.4, 0.5) is 0 Å². The predicted octanol–water partition coefficient (Wildman–Crippen LogP) is -1.92. The van der Waals surface area contributed by atoms with Crippen LogP contribution in [0.15, 0.2) is 29.3 Å². The number of hydroxylamine groups is 1. The van der Waals surface area contributed by atoms with Crippen LogP contribution in [0, 0.1) is 11.3 Å². The second kappa shape index (κ2) is 7.47. The summed E-state index contributed by atoms with van der Waals surface area (Å²) in [6, 6.07) is 8.00. The molecule has 1 heterocycles. The van der Waals surface area contributed by atoms with Crippen molar-refractivity contribution in [3.05, 3.63) is 35.4 Å². The molecule has 1 aromatic rings. The minimum absolute atomic E-state index is 0.0705. The Balaban J connectivity index is 2.26. The lowest BCUT2D eigenvalue weighted by atomic mass is 9.98. The molecule has 9 nitrogen and oxygen atoms in total. The normalized spacial score (nSPS) is 31.5. The van der Waals surface area contributed by atoms with Crippen LogP contribution < -0.4 is 5.48 Å². The fourth-order valence-electron chi connectivity index (χ4n) is 2.19. The Morgan fingerprint density at radius 3 is 2.35 bits per heavy atom.